The van der Waals surface area contributed by atoms with E-state index >= 15 is 0 Å². The lowest BCUT2D eigenvalue weighted by molar-refractivity contribution is -0.120. The van der Waals surface area contributed by atoms with E-state index < -0.39 is 10.0 Å². The van der Waals surface area contributed by atoms with Gasteiger partial charge in [0.2, 0.25) is 15.9 Å². The lowest BCUT2D eigenvalue weighted by Gasteiger charge is -2.30. The van der Waals surface area contributed by atoms with Gasteiger partial charge in [0.15, 0.2) is 5.78 Å². The first-order valence-corrected chi connectivity index (χ1v) is 11.1. The molecule has 1 heterocycles. The van der Waals surface area contributed by atoms with Crippen LogP contribution in [0.4, 0.5) is 5.69 Å². The van der Waals surface area contributed by atoms with Crippen LogP contribution in [-0.4, -0.2) is 37.5 Å². The summed E-state index contributed by atoms with van der Waals surface area (Å²) in [5.74, 6) is -0.398. The number of carbonyl (C=O) groups excluding carboxylic acids is 2. The number of ketones is 1. The zero-order valence-electron chi connectivity index (χ0n) is 16.9. The lowest BCUT2D eigenvalue weighted by Crippen LogP contribution is -2.41. The number of Topliss-reactive ketones (excluding diaryl/α,β-unsaturated/α-hetero) is 1. The maximum Gasteiger partial charge on any atom is 0.243 e. The smallest absolute Gasteiger partial charge is 0.243 e. The molecule has 0 atom stereocenters. The van der Waals surface area contributed by atoms with Crippen molar-refractivity contribution in [3.63, 3.8) is 0 Å². The van der Waals surface area contributed by atoms with Crippen LogP contribution in [0.5, 0.6) is 0 Å². The van der Waals surface area contributed by atoms with Crippen molar-refractivity contribution >= 4 is 27.4 Å². The van der Waals surface area contributed by atoms with Crippen LogP contribution in [0.25, 0.3) is 0 Å². The molecule has 1 fully saturated rings. The van der Waals surface area contributed by atoms with E-state index in [-0.39, 0.29) is 22.5 Å². The minimum Gasteiger partial charge on any atom is -0.326 e. The molecule has 1 aliphatic rings. The summed E-state index contributed by atoms with van der Waals surface area (Å²) < 4.78 is 27.1. The summed E-state index contributed by atoms with van der Waals surface area (Å²) >= 11 is 0. The Morgan fingerprint density at radius 2 is 1.52 bits per heavy atom. The van der Waals surface area contributed by atoms with E-state index in [9.17, 15) is 18.0 Å². The first-order valence-electron chi connectivity index (χ1n) is 9.67. The summed E-state index contributed by atoms with van der Waals surface area (Å²) in [5.41, 5.74) is 3.41. The Labute approximate surface area is 172 Å². The Balaban J connectivity index is 1.63. The SMILES string of the molecule is CC(=O)c1ccc(S(=O)(=O)N2CCC(C(=O)Nc3cc(C)cc(C)c3)CC2)cc1. The van der Waals surface area contributed by atoms with Crippen LogP contribution in [0, 0.1) is 19.8 Å². The molecule has 0 aromatic heterocycles. The van der Waals surface area contributed by atoms with Gasteiger partial charge in [-0.1, -0.05) is 18.2 Å². The lowest BCUT2D eigenvalue weighted by atomic mass is 9.97. The highest BCUT2D eigenvalue weighted by atomic mass is 32.2. The molecule has 6 nitrogen and oxygen atoms in total. The van der Waals surface area contributed by atoms with Crippen LogP contribution in [0.1, 0.15) is 41.3 Å². The molecular formula is C22H26N2O4S. The van der Waals surface area contributed by atoms with E-state index in [0.717, 1.165) is 16.8 Å². The molecule has 0 saturated carbocycles. The number of sulfonamides is 1. The molecule has 0 spiro atoms. The van der Waals surface area contributed by atoms with Crippen molar-refractivity contribution in [3.8, 4) is 0 Å². The predicted octanol–water partition coefficient (Wildman–Crippen LogP) is 3.55. The van der Waals surface area contributed by atoms with E-state index in [4.69, 9.17) is 0 Å². The molecule has 3 rings (SSSR count). The first-order chi connectivity index (χ1) is 13.7. The van der Waals surface area contributed by atoms with E-state index in [1.165, 1.54) is 35.5 Å². The van der Waals surface area contributed by atoms with E-state index in [1.807, 2.05) is 32.0 Å². The van der Waals surface area contributed by atoms with E-state index in [1.54, 1.807) is 0 Å². The quantitative estimate of drug-likeness (QED) is 0.759. The summed E-state index contributed by atoms with van der Waals surface area (Å²) in [4.78, 5) is 24.2. The van der Waals surface area contributed by atoms with Gasteiger partial charge in [-0.15, -0.1) is 0 Å². The van der Waals surface area contributed by atoms with Crippen molar-refractivity contribution in [2.24, 2.45) is 5.92 Å². The van der Waals surface area contributed by atoms with Gasteiger partial charge in [-0.2, -0.15) is 4.31 Å². The highest BCUT2D eigenvalue weighted by Crippen LogP contribution is 2.25. The normalized spacial score (nSPS) is 15.8. The van der Waals surface area contributed by atoms with Gasteiger partial charge >= 0.3 is 0 Å². The second kappa shape index (κ2) is 8.47. The summed E-state index contributed by atoms with van der Waals surface area (Å²) in [6.45, 7) is 5.99. The van der Waals surface area contributed by atoms with Gasteiger partial charge in [0, 0.05) is 30.3 Å². The average molecular weight is 415 g/mol. The molecule has 1 N–H and O–H groups in total. The molecule has 2 aromatic carbocycles. The Hall–Kier alpha value is -2.51. The minimum atomic E-state index is -3.63. The predicted molar refractivity (Wildman–Crippen MR) is 112 cm³/mol. The molecule has 0 unspecified atom stereocenters. The number of hydrogen-bond acceptors (Lipinski definition) is 4. The number of aryl methyl sites for hydroxylation is 2. The topological polar surface area (TPSA) is 83.6 Å². The minimum absolute atomic E-state index is 0.0714. The number of amides is 1. The summed E-state index contributed by atoms with van der Waals surface area (Å²) in [5, 5.41) is 2.96. The number of anilines is 1. The molecule has 0 aliphatic carbocycles. The molecular weight excluding hydrogens is 388 g/mol. The van der Waals surface area contributed by atoms with Crippen molar-refractivity contribution in [2.45, 2.75) is 38.5 Å². The highest BCUT2D eigenvalue weighted by Gasteiger charge is 2.32. The number of benzene rings is 2. The van der Waals surface area contributed by atoms with Crippen molar-refractivity contribution in [2.75, 3.05) is 18.4 Å². The van der Waals surface area contributed by atoms with Gasteiger partial charge in [0.25, 0.3) is 0 Å². The number of carbonyl (C=O) groups is 2. The van der Waals surface area contributed by atoms with Crippen LogP contribution in [-0.2, 0) is 14.8 Å². The maximum atomic E-state index is 12.9. The van der Waals surface area contributed by atoms with Crippen LogP contribution >= 0.6 is 0 Å². The Bertz CT molecular complexity index is 1000. The molecule has 1 aliphatic heterocycles. The molecule has 0 radical (unpaired) electrons. The molecule has 1 saturated heterocycles. The third kappa shape index (κ3) is 4.92. The van der Waals surface area contributed by atoms with Crippen molar-refractivity contribution in [3.05, 3.63) is 59.2 Å². The fourth-order valence-corrected chi connectivity index (χ4v) is 5.13. The fourth-order valence-electron chi connectivity index (χ4n) is 3.66. The molecule has 1 amide bonds. The van der Waals surface area contributed by atoms with E-state index in [2.05, 4.69) is 5.32 Å². The second-order valence-electron chi connectivity index (χ2n) is 7.62. The highest BCUT2D eigenvalue weighted by molar-refractivity contribution is 7.89. The third-order valence-electron chi connectivity index (χ3n) is 5.21. The summed E-state index contributed by atoms with van der Waals surface area (Å²) in [7, 11) is -3.63. The maximum absolute atomic E-state index is 12.9. The van der Waals surface area contributed by atoms with Crippen molar-refractivity contribution in [1.82, 2.24) is 4.31 Å². The number of hydrogen-bond donors (Lipinski definition) is 1. The van der Waals surface area contributed by atoms with Gasteiger partial charge in [-0.05, 0) is 69.0 Å². The molecule has 7 heteroatoms. The monoisotopic (exact) mass is 414 g/mol. The standard InChI is InChI=1S/C22H26N2O4S/c1-15-12-16(2)14-20(13-15)23-22(26)19-8-10-24(11-9-19)29(27,28)21-6-4-18(5-7-21)17(3)25/h4-7,12-14,19H,8-11H2,1-3H3,(H,23,26). The number of rotatable bonds is 5. The molecule has 2 aromatic rings. The van der Waals surface area contributed by atoms with Crippen LogP contribution in [0.3, 0.4) is 0 Å². The van der Waals surface area contributed by atoms with Gasteiger partial charge in [0.1, 0.15) is 0 Å². The van der Waals surface area contributed by atoms with Crippen molar-refractivity contribution < 1.29 is 18.0 Å². The van der Waals surface area contributed by atoms with Crippen LogP contribution in [0.15, 0.2) is 47.4 Å². The third-order valence-corrected chi connectivity index (χ3v) is 7.13. The average Bonchev–Trinajstić information content (AvgIpc) is 2.67. The Morgan fingerprint density at radius 1 is 0.966 bits per heavy atom. The number of piperidine rings is 1. The number of nitrogens with one attached hydrogen (secondary N) is 1. The zero-order chi connectivity index (χ0) is 21.2. The van der Waals surface area contributed by atoms with E-state index in [0.29, 0.717) is 31.5 Å². The van der Waals surface area contributed by atoms with Crippen LogP contribution in [0.2, 0.25) is 0 Å². The molecule has 154 valence electrons. The van der Waals surface area contributed by atoms with Crippen molar-refractivity contribution in [1.29, 1.82) is 0 Å². The van der Waals surface area contributed by atoms with Gasteiger partial charge in [-0.3, -0.25) is 9.59 Å². The zero-order valence-corrected chi connectivity index (χ0v) is 17.8. The first kappa shape index (κ1) is 21.2. The largest absolute Gasteiger partial charge is 0.326 e. The number of nitrogens with zero attached hydrogens (tertiary/aromatic N) is 1. The summed E-state index contributed by atoms with van der Waals surface area (Å²) in [6, 6.07) is 11.9. The van der Waals surface area contributed by atoms with Gasteiger partial charge in [0.05, 0.1) is 4.90 Å². The molecule has 29 heavy (non-hydrogen) atoms. The fraction of sp³-hybridized carbons (Fsp3) is 0.364. The second-order valence-corrected chi connectivity index (χ2v) is 9.56. The summed E-state index contributed by atoms with van der Waals surface area (Å²) in [6.07, 6.45) is 0.947. The van der Waals surface area contributed by atoms with Gasteiger partial charge in [-0.25, -0.2) is 8.42 Å². The van der Waals surface area contributed by atoms with Crippen LogP contribution < -0.4 is 5.32 Å². The van der Waals surface area contributed by atoms with Gasteiger partial charge < -0.3 is 5.32 Å². The Kier molecular flexibility index (Phi) is 6.19. The molecule has 0 bridgehead atoms. The Morgan fingerprint density at radius 3 is 2.03 bits per heavy atom.